The molecule has 10 nitrogen and oxygen atoms in total. The van der Waals surface area contributed by atoms with Crippen LogP contribution < -0.4 is 22.8 Å². The van der Waals surface area contributed by atoms with Crippen LogP contribution in [0.1, 0.15) is 34.3 Å². The first kappa shape index (κ1) is 26.5. The van der Waals surface area contributed by atoms with Crippen LogP contribution in [0.25, 0.3) is 0 Å². The van der Waals surface area contributed by atoms with E-state index >= 15 is 0 Å². The number of rotatable bonds is 6. The first-order valence-electron chi connectivity index (χ1n) is 15.3. The molecule has 2 bridgehead atoms. The van der Waals surface area contributed by atoms with E-state index in [1.54, 1.807) is 4.68 Å². The Labute approximate surface area is 261 Å². The first-order valence-corrected chi connectivity index (χ1v) is 15.3. The van der Waals surface area contributed by atoms with Crippen molar-refractivity contribution >= 4 is 0 Å². The molecule has 0 saturated carbocycles. The maximum atomic E-state index is 14.8. The Morgan fingerprint density at radius 1 is 0.500 bits per heavy atom. The highest BCUT2D eigenvalue weighted by atomic mass is 16.2. The SMILES string of the molecule is O=c1n(Cc2ccccc2)c(=O)n2n1[C@H]1[C@@H]3C=C[C@]1(n1c(=O)n(Cc4ccccc4)c(=O)n13)C2(c1ccccc1)c1ccccc1. The van der Waals surface area contributed by atoms with Crippen molar-refractivity contribution in [3.05, 3.63) is 198 Å². The van der Waals surface area contributed by atoms with Gasteiger partial charge in [0.05, 0.1) is 19.1 Å². The van der Waals surface area contributed by atoms with Crippen LogP contribution >= 0.6 is 0 Å². The van der Waals surface area contributed by atoms with Gasteiger partial charge < -0.3 is 0 Å². The zero-order valence-corrected chi connectivity index (χ0v) is 24.6. The Bertz CT molecular complexity index is 2370. The molecule has 0 spiro atoms. The van der Waals surface area contributed by atoms with E-state index < -0.39 is 45.9 Å². The maximum absolute atomic E-state index is 14.8. The van der Waals surface area contributed by atoms with Gasteiger partial charge in [-0.25, -0.2) is 47.0 Å². The predicted octanol–water partition coefficient (Wildman–Crippen LogP) is 2.90. The lowest BCUT2D eigenvalue weighted by molar-refractivity contribution is 0.197. The lowest BCUT2D eigenvalue weighted by Gasteiger charge is -2.43. The predicted molar refractivity (Wildman–Crippen MR) is 171 cm³/mol. The van der Waals surface area contributed by atoms with Crippen molar-refractivity contribution < 1.29 is 0 Å². The molecule has 1 aliphatic carbocycles. The van der Waals surface area contributed by atoms with Crippen LogP contribution in [0.4, 0.5) is 0 Å². The minimum Gasteiger partial charge on any atom is -0.246 e. The van der Waals surface area contributed by atoms with Crippen molar-refractivity contribution in [2.24, 2.45) is 0 Å². The fraction of sp³-hybridized carbons (Fsp3) is 0.167. The lowest BCUT2D eigenvalue weighted by Crippen LogP contribution is -2.59. The second-order valence-electron chi connectivity index (χ2n) is 12.1. The molecule has 226 valence electrons. The van der Waals surface area contributed by atoms with E-state index in [4.69, 9.17) is 0 Å². The van der Waals surface area contributed by atoms with E-state index in [1.165, 1.54) is 23.2 Å². The van der Waals surface area contributed by atoms with Gasteiger partial charge in [0.1, 0.15) is 17.1 Å². The second kappa shape index (κ2) is 9.31. The van der Waals surface area contributed by atoms with Crippen molar-refractivity contribution in [1.82, 2.24) is 27.9 Å². The summed E-state index contributed by atoms with van der Waals surface area (Å²) >= 11 is 0. The van der Waals surface area contributed by atoms with Gasteiger partial charge in [-0.3, -0.25) is 0 Å². The Kier molecular flexibility index (Phi) is 5.36. The minimum absolute atomic E-state index is 0.0825. The lowest BCUT2D eigenvalue weighted by atomic mass is 9.67. The minimum atomic E-state index is -1.41. The molecule has 0 saturated heterocycles. The summed E-state index contributed by atoms with van der Waals surface area (Å²) in [6, 6.07) is 36.4. The molecule has 46 heavy (non-hydrogen) atoms. The van der Waals surface area contributed by atoms with Crippen LogP contribution in [0, 0.1) is 0 Å². The van der Waals surface area contributed by atoms with Gasteiger partial charge in [-0.15, -0.1) is 0 Å². The third-order valence-corrected chi connectivity index (χ3v) is 9.97. The second-order valence-corrected chi connectivity index (χ2v) is 12.1. The summed E-state index contributed by atoms with van der Waals surface area (Å²) in [5.74, 6) is 0. The molecule has 0 N–H and O–H groups in total. The summed E-state index contributed by atoms with van der Waals surface area (Å²) < 4.78 is 8.58. The normalized spacial score (nSPS) is 21.3. The van der Waals surface area contributed by atoms with Gasteiger partial charge in [-0.2, -0.15) is 0 Å². The molecular weight excluding hydrogens is 580 g/mol. The number of benzene rings is 4. The van der Waals surface area contributed by atoms with Crippen molar-refractivity contribution in [3.8, 4) is 0 Å². The number of aromatic nitrogens is 6. The Hall–Kier alpha value is -5.90. The summed E-state index contributed by atoms with van der Waals surface area (Å²) in [6.07, 6.45) is 3.85. The Balaban J connectivity index is 1.40. The fourth-order valence-electron chi connectivity index (χ4n) is 8.29. The van der Waals surface area contributed by atoms with Gasteiger partial charge in [0.2, 0.25) is 0 Å². The highest BCUT2D eigenvalue weighted by molar-refractivity contribution is 5.52. The molecule has 9 rings (SSSR count). The van der Waals surface area contributed by atoms with Crippen LogP contribution in [0.15, 0.2) is 153 Å². The monoisotopic (exact) mass is 608 g/mol. The maximum Gasteiger partial charge on any atom is 0.348 e. The van der Waals surface area contributed by atoms with E-state index in [2.05, 4.69) is 0 Å². The van der Waals surface area contributed by atoms with Gasteiger partial charge >= 0.3 is 22.8 Å². The molecule has 0 unspecified atom stereocenters. The molecule has 2 aliphatic heterocycles. The molecule has 2 aromatic heterocycles. The summed E-state index contributed by atoms with van der Waals surface area (Å²) in [4.78, 5) is 58.1. The van der Waals surface area contributed by atoms with E-state index in [1.807, 2.05) is 133 Å². The topological polar surface area (TPSA) is 97.9 Å². The van der Waals surface area contributed by atoms with Gasteiger partial charge in [-0.1, -0.05) is 133 Å². The fourth-order valence-corrected chi connectivity index (χ4v) is 8.29. The highest BCUT2D eigenvalue weighted by Crippen LogP contribution is 2.64. The molecule has 3 atom stereocenters. The van der Waals surface area contributed by atoms with E-state index in [0.717, 1.165) is 11.1 Å². The van der Waals surface area contributed by atoms with Crippen LogP contribution in [0.5, 0.6) is 0 Å². The van der Waals surface area contributed by atoms with Gasteiger partial charge in [0.25, 0.3) is 0 Å². The summed E-state index contributed by atoms with van der Waals surface area (Å²) in [5, 5.41) is 0. The van der Waals surface area contributed by atoms with E-state index in [0.29, 0.717) is 11.1 Å². The van der Waals surface area contributed by atoms with Crippen molar-refractivity contribution in [1.29, 1.82) is 0 Å². The smallest absolute Gasteiger partial charge is 0.246 e. The average Bonchev–Trinajstić information content (AvgIpc) is 3.82. The average molecular weight is 609 g/mol. The molecule has 4 heterocycles. The molecule has 3 aliphatic rings. The first-order chi connectivity index (χ1) is 22.5. The quantitative estimate of drug-likeness (QED) is 0.272. The van der Waals surface area contributed by atoms with E-state index in [-0.39, 0.29) is 13.1 Å². The number of hydrogen-bond acceptors (Lipinski definition) is 4. The van der Waals surface area contributed by atoms with Crippen molar-refractivity contribution in [2.75, 3.05) is 0 Å². The highest BCUT2D eigenvalue weighted by Gasteiger charge is 2.75. The van der Waals surface area contributed by atoms with Crippen LogP contribution in [0.2, 0.25) is 0 Å². The third kappa shape index (κ3) is 3.05. The molecule has 6 aromatic rings. The van der Waals surface area contributed by atoms with Gasteiger partial charge in [0, 0.05) is 0 Å². The van der Waals surface area contributed by atoms with Crippen LogP contribution in [-0.4, -0.2) is 27.9 Å². The van der Waals surface area contributed by atoms with Crippen LogP contribution in [0.3, 0.4) is 0 Å². The third-order valence-electron chi connectivity index (χ3n) is 9.97. The Morgan fingerprint density at radius 3 is 1.43 bits per heavy atom. The van der Waals surface area contributed by atoms with Crippen LogP contribution in [-0.2, 0) is 24.2 Å². The molecule has 0 radical (unpaired) electrons. The van der Waals surface area contributed by atoms with Gasteiger partial charge in [-0.05, 0) is 22.3 Å². The number of hydrogen-bond donors (Lipinski definition) is 0. The van der Waals surface area contributed by atoms with Crippen molar-refractivity contribution in [2.45, 2.75) is 36.3 Å². The zero-order valence-electron chi connectivity index (χ0n) is 24.6. The molecule has 0 fully saturated rings. The van der Waals surface area contributed by atoms with Crippen molar-refractivity contribution in [3.63, 3.8) is 0 Å². The number of nitrogens with zero attached hydrogens (tertiary/aromatic N) is 6. The molecule has 4 aromatic carbocycles. The largest absolute Gasteiger partial charge is 0.348 e. The number of allylic oxidation sites excluding steroid dienone is 2. The Morgan fingerprint density at radius 2 is 0.935 bits per heavy atom. The molecular formula is C36H28N6O4. The zero-order chi connectivity index (χ0) is 31.2. The standard InChI is InChI=1S/C36H28N6O4/c43-31-37(23-25-13-5-1-6-14-25)33(45)41-35-22-21-29(39(31)41)30(35)40-32(44)38(24-26-15-7-2-8-16-26)34(46)42(40)36(35,27-17-9-3-10-18-27)28-19-11-4-12-20-28/h1-22,29-30H,23-24H2/t29-,30-,35+/m0/s1. The summed E-state index contributed by atoms with van der Waals surface area (Å²) in [5.41, 5.74) is -1.62. The molecule has 10 heteroatoms. The number of fused-ring (bicyclic) bond motifs is 3. The van der Waals surface area contributed by atoms with E-state index in [9.17, 15) is 19.2 Å². The molecule has 0 amide bonds. The summed E-state index contributed by atoms with van der Waals surface area (Å²) in [6.45, 7) is 0.178. The summed E-state index contributed by atoms with van der Waals surface area (Å²) in [7, 11) is 0. The van der Waals surface area contributed by atoms with Gasteiger partial charge in [0.15, 0.2) is 0 Å².